The third-order valence-corrected chi connectivity index (χ3v) is 2.66. The molecule has 114 valence electrons. The van der Waals surface area contributed by atoms with Gasteiger partial charge < -0.3 is 14.8 Å². The van der Waals surface area contributed by atoms with Gasteiger partial charge in [0.1, 0.15) is 17.7 Å². The molecule has 0 saturated carbocycles. The smallest absolute Gasteiger partial charge is 0.219 e. The van der Waals surface area contributed by atoms with Gasteiger partial charge in [0, 0.05) is 25.6 Å². The molecule has 0 aromatic carbocycles. The zero-order valence-corrected chi connectivity index (χ0v) is 13.1. The van der Waals surface area contributed by atoms with Gasteiger partial charge in [0.2, 0.25) is 5.88 Å². The number of hydrogen-bond donors (Lipinski definition) is 1. The quantitative estimate of drug-likeness (QED) is 0.714. The average molecular weight is 281 g/mol. The van der Waals surface area contributed by atoms with Gasteiger partial charge in [-0.1, -0.05) is 13.8 Å². The Morgan fingerprint density at radius 1 is 1.20 bits per heavy atom. The predicted molar refractivity (Wildman–Crippen MR) is 81.4 cm³/mol. The Morgan fingerprint density at radius 2 is 2.00 bits per heavy atom. The second kappa shape index (κ2) is 9.53. The van der Waals surface area contributed by atoms with Crippen LogP contribution < -0.4 is 10.1 Å². The summed E-state index contributed by atoms with van der Waals surface area (Å²) in [4.78, 5) is 8.95. The van der Waals surface area contributed by atoms with Crippen molar-refractivity contribution >= 4 is 5.82 Å². The number of aryl methyl sites for hydroxylation is 1. The Morgan fingerprint density at radius 3 is 2.65 bits per heavy atom. The van der Waals surface area contributed by atoms with Crippen LogP contribution in [0.1, 0.15) is 46.4 Å². The van der Waals surface area contributed by atoms with Gasteiger partial charge in [-0.15, -0.1) is 0 Å². The molecule has 1 aromatic heterocycles. The van der Waals surface area contributed by atoms with Gasteiger partial charge in [-0.3, -0.25) is 0 Å². The third kappa shape index (κ3) is 6.19. The van der Waals surface area contributed by atoms with Crippen LogP contribution >= 0.6 is 0 Å². The van der Waals surface area contributed by atoms with Gasteiger partial charge in [-0.2, -0.15) is 4.98 Å². The molecular weight excluding hydrogens is 254 g/mol. The Hall–Kier alpha value is -1.36. The molecule has 0 spiro atoms. The Bertz CT molecular complexity index is 385. The fourth-order valence-electron chi connectivity index (χ4n) is 1.74. The molecule has 0 saturated heterocycles. The summed E-state index contributed by atoms with van der Waals surface area (Å²) in [6, 6.07) is 1.86. The van der Waals surface area contributed by atoms with E-state index in [-0.39, 0.29) is 6.10 Å². The molecule has 1 aromatic rings. The Balaban J connectivity index is 2.73. The summed E-state index contributed by atoms with van der Waals surface area (Å²) in [5.41, 5.74) is 0. The maximum Gasteiger partial charge on any atom is 0.219 e. The topological polar surface area (TPSA) is 56.3 Å². The van der Waals surface area contributed by atoms with Crippen molar-refractivity contribution in [2.24, 2.45) is 0 Å². The van der Waals surface area contributed by atoms with Crippen LogP contribution in [0.25, 0.3) is 0 Å². The first-order valence-electron chi connectivity index (χ1n) is 7.55. The first-order valence-corrected chi connectivity index (χ1v) is 7.55. The summed E-state index contributed by atoms with van der Waals surface area (Å²) >= 11 is 0. The lowest BCUT2D eigenvalue weighted by molar-refractivity contribution is 0.0632. The van der Waals surface area contributed by atoms with E-state index in [4.69, 9.17) is 9.47 Å². The van der Waals surface area contributed by atoms with Crippen LogP contribution in [0.4, 0.5) is 5.82 Å². The van der Waals surface area contributed by atoms with Crippen molar-refractivity contribution in [3.8, 4) is 5.88 Å². The summed E-state index contributed by atoms with van der Waals surface area (Å²) in [6.07, 6.45) is 2.92. The average Bonchev–Trinajstić information content (AvgIpc) is 2.43. The zero-order chi connectivity index (χ0) is 14.8. The molecule has 0 amide bonds. The van der Waals surface area contributed by atoms with Gasteiger partial charge in [0.05, 0.1) is 6.61 Å². The molecule has 0 aliphatic heterocycles. The van der Waals surface area contributed by atoms with Crippen LogP contribution in [0.15, 0.2) is 6.07 Å². The molecule has 1 unspecified atom stereocenters. The molecule has 1 N–H and O–H groups in total. The highest BCUT2D eigenvalue weighted by atomic mass is 16.5. The van der Waals surface area contributed by atoms with E-state index in [1.165, 1.54) is 0 Å². The standard InChI is InChI=1S/C15H27N3O2/c1-5-8-13-17-14(16-9-6-2)10-15(18-13)20-12(4)11-19-7-3/h10,12H,5-9,11H2,1-4H3,(H,16,17,18). The molecule has 0 fully saturated rings. The van der Waals surface area contributed by atoms with E-state index in [0.29, 0.717) is 19.1 Å². The number of nitrogens with one attached hydrogen (secondary N) is 1. The SMILES string of the molecule is CCCNc1cc(OC(C)COCC)nc(CCC)n1. The molecule has 1 heterocycles. The summed E-state index contributed by atoms with van der Waals surface area (Å²) in [6.45, 7) is 10.4. The monoisotopic (exact) mass is 281 g/mol. The van der Waals surface area contributed by atoms with E-state index in [1.807, 2.05) is 19.9 Å². The van der Waals surface area contributed by atoms with Crippen LogP contribution in [0.2, 0.25) is 0 Å². The number of anilines is 1. The largest absolute Gasteiger partial charge is 0.472 e. The van der Waals surface area contributed by atoms with E-state index < -0.39 is 0 Å². The molecule has 5 heteroatoms. The number of hydrogen-bond acceptors (Lipinski definition) is 5. The van der Waals surface area contributed by atoms with Crippen molar-refractivity contribution in [2.75, 3.05) is 25.1 Å². The first-order chi connectivity index (χ1) is 9.69. The molecule has 0 aliphatic carbocycles. The molecule has 0 aliphatic rings. The number of aromatic nitrogens is 2. The van der Waals surface area contributed by atoms with Crippen molar-refractivity contribution in [3.05, 3.63) is 11.9 Å². The summed E-state index contributed by atoms with van der Waals surface area (Å²) in [5, 5.41) is 3.29. The van der Waals surface area contributed by atoms with Gasteiger partial charge in [-0.05, 0) is 26.7 Å². The van der Waals surface area contributed by atoms with E-state index in [1.54, 1.807) is 0 Å². The number of nitrogens with zero attached hydrogens (tertiary/aromatic N) is 2. The van der Waals surface area contributed by atoms with Crippen molar-refractivity contribution in [1.29, 1.82) is 0 Å². The minimum atomic E-state index is -0.0154. The Kier molecular flexibility index (Phi) is 7.95. The van der Waals surface area contributed by atoms with E-state index in [9.17, 15) is 0 Å². The molecule has 5 nitrogen and oxygen atoms in total. The van der Waals surface area contributed by atoms with Crippen molar-refractivity contribution in [1.82, 2.24) is 9.97 Å². The molecular formula is C15H27N3O2. The lowest BCUT2D eigenvalue weighted by Gasteiger charge is -2.15. The third-order valence-electron chi connectivity index (χ3n) is 2.66. The van der Waals surface area contributed by atoms with Crippen LogP contribution in [0.5, 0.6) is 5.88 Å². The fourth-order valence-corrected chi connectivity index (χ4v) is 1.74. The van der Waals surface area contributed by atoms with E-state index in [2.05, 4.69) is 29.1 Å². The van der Waals surface area contributed by atoms with Crippen LogP contribution in [0, 0.1) is 0 Å². The maximum atomic E-state index is 5.81. The van der Waals surface area contributed by atoms with Crippen LogP contribution in [0.3, 0.4) is 0 Å². The predicted octanol–water partition coefficient (Wildman–Crippen LogP) is 3.05. The first kappa shape index (κ1) is 16.7. The van der Waals surface area contributed by atoms with Gasteiger partial charge >= 0.3 is 0 Å². The second-order valence-electron chi connectivity index (χ2n) is 4.77. The van der Waals surface area contributed by atoms with Gasteiger partial charge in [0.25, 0.3) is 0 Å². The molecule has 20 heavy (non-hydrogen) atoms. The van der Waals surface area contributed by atoms with Crippen molar-refractivity contribution in [2.45, 2.75) is 53.1 Å². The second-order valence-corrected chi connectivity index (χ2v) is 4.77. The molecule has 1 atom stereocenters. The summed E-state index contributed by atoms with van der Waals surface area (Å²) < 4.78 is 11.2. The fraction of sp³-hybridized carbons (Fsp3) is 0.733. The van der Waals surface area contributed by atoms with Crippen molar-refractivity contribution < 1.29 is 9.47 Å². The molecule has 0 bridgehead atoms. The van der Waals surface area contributed by atoms with Crippen LogP contribution in [-0.4, -0.2) is 35.8 Å². The van der Waals surface area contributed by atoms with Crippen LogP contribution in [-0.2, 0) is 11.2 Å². The van der Waals surface area contributed by atoms with E-state index >= 15 is 0 Å². The lowest BCUT2D eigenvalue weighted by Crippen LogP contribution is -2.20. The molecule has 0 radical (unpaired) electrons. The highest BCUT2D eigenvalue weighted by Crippen LogP contribution is 2.16. The number of ether oxygens (including phenoxy) is 2. The van der Waals surface area contributed by atoms with Gasteiger partial charge in [0.15, 0.2) is 0 Å². The highest BCUT2D eigenvalue weighted by molar-refractivity contribution is 5.38. The lowest BCUT2D eigenvalue weighted by atomic mass is 10.3. The molecule has 1 rings (SSSR count). The minimum absolute atomic E-state index is 0.0154. The summed E-state index contributed by atoms with van der Waals surface area (Å²) in [5.74, 6) is 2.28. The maximum absolute atomic E-state index is 5.81. The summed E-state index contributed by atoms with van der Waals surface area (Å²) in [7, 11) is 0. The normalized spacial score (nSPS) is 12.2. The van der Waals surface area contributed by atoms with Crippen molar-refractivity contribution in [3.63, 3.8) is 0 Å². The minimum Gasteiger partial charge on any atom is -0.472 e. The van der Waals surface area contributed by atoms with E-state index in [0.717, 1.165) is 37.4 Å². The van der Waals surface area contributed by atoms with Gasteiger partial charge in [-0.25, -0.2) is 4.98 Å². The Labute approximate surface area is 122 Å². The zero-order valence-electron chi connectivity index (χ0n) is 13.1. The number of rotatable bonds is 10. The highest BCUT2D eigenvalue weighted by Gasteiger charge is 2.09.